The van der Waals surface area contributed by atoms with Crippen LogP contribution in [-0.4, -0.2) is 25.7 Å². The molecule has 1 atom stereocenters. The van der Waals surface area contributed by atoms with E-state index in [4.69, 9.17) is 4.74 Å². The van der Waals surface area contributed by atoms with Gasteiger partial charge in [0.1, 0.15) is 6.61 Å². The minimum atomic E-state index is -0.0289. The van der Waals surface area contributed by atoms with Gasteiger partial charge in [-0.05, 0) is 25.7 Å². The number of hydrogen-bond donors (Lipinski definition) is 1. The molecule has 0 aliphatic rings. The average Bonchev–Trinajstić information content (AvgIpc) is 2.01. The van der Waals surface area contributed by atoms with Gasteiger partial charge in [-0.1, -0.05) is 13.8 Å². The molecule has 13 heavy (non-hydrogen) atoms. The van der Waals surface area contributed by atoms with E-state index in [1.54, 1.807) is 0 Å². The van der Waals surface area contributed by atoms with E-state index in [2.05, 4.69) is 19.2 Å². The first-order valence-electron chi connectivity index (χ1n) is 4.84. The molecule has 0 bridgehead atoms. The number of methoxy groups -OCH3 is 1. The first-order chi connectivity index (χ1) is 6.06. The molecule has 0 saturated carbocycles. The summed E-state index contributed by atoms with van der Waals surface area (Å²) in [5.74, 6) is 0.667. The molecule has 0 radical (unpaired) electrons. The van der Waals surface area contributed by atoms with Gasteiger partial charge in [-0.15, -0.1) is 0 Å². The fourth-order valence-electron chi connectivity index (χ4n) is 1.10. The number of ether oxygens (including phenoxy) is 1. The molecule has 0 heterocycles. The predicted octanol–water partition coefficient (Wildman–Crippen LogP) is 1.57. The number of rotatable bonds is 6. The highest BCUT2D eigenvalue weighted by molar-refractivity contribution is 5.77. The molecule has 0 aromatic rings. The van der Waals surface area contributed by atoms with Gasteiger partial charge >= 0.3 is 0 Å². The smallest absolute Gasteiger partial charge is 0.246 e. The van der Waals surface area contributed by atoms with Crippen LogP contribution in [0.2, 0.25) is 0 Å². The van der Waals surface area contributed by atoms with Crippen molar-refractivity contribution in [2.24, 2.45) is 5.92 Å². The molecule has 0 rings (SSSR count). The minimum Gasteiger partial charge on any atom is -0.375 e. The minimum absolute atomic E-state index is 0.0289. The van der Waals surface area contributed by atoms with E-state index in [1.165, 1.54) is 7.11 Å². The maximum Gasteiger partial charge on any atom is 0.246 e. The standard InChI is InChI=1S/C10H21NO2/c1-8(2)5-6-9(3)11-10(12)7-13-4/h8-9H,5-7H2,1-4H3,(H,11,12). The summed E-state index contributed by atoms with van der Waals surface area (Å²) >= 11 is 0. The lowest BCUT2D eigenvalue weighted by atomic mass is 10.0. The fraction of sp³-hybridized carbons (Fsp3) is 0.900. The topological polar surface area (TPSA) is 38.3 Å². The summed E-state index contributed by atoms with van der Waals surface area (Å²) in [6, 6.07) is 0.255. The number of amides is 1. The largest absolute Gasteiger partial charge is 0.375 e. The number of nitrogens with one attached hydrogen (secondary N) is 1. The Kier molecular flexibility index (Phi) is 6.59. The van der Waals surface area contributed by atoms with Crippen LogP contribution >= 0.6 is 0 Å². The quantitative estimate of drug-likeness (QED) is 0.685. The zero-order valence-corrected chi connectivity index (χ0v) is 9.09. The predicted molar refractivity (Wildman–Crippen MR) is 53.6 cm³/mol. The Bertz CT molecular complexity index is 146. The number of carbonyl (C=O) groups excluding carboxylic acids is 1. The van der Waals surface area contributed by atoms with Crippen LogP contribution in [0, 0.1) is 5.92 Å². The Morgan fingerprint density at radius 2 is 1.92 bits per heavy atom. The van der Waals surface area contributed by atoms with E-state index in [0.29, 0.717) is 5.92 Å². The molecular weight excluding hydrogens is 166 g/mol. The first kappa shape index (κ1) is 12.4. The van der Waals surface area contributed by atoms with Crippen LogP contribution in [-0.2, 0) is 9.53 Å². The van der Waals surface area contributed by atoms with Crippen molar-refractivity contribution in [3.8, 4) is 0 Å². The molecular formula is C10H21NO2. The lowest BCUT2D eigenvalue weighted by molar-refractivity contribution is -0.125. The summed E-state index contributed by atoms with van der Waals surface area (Å²) in [4.78, 5) is 11.1. The van der Waals surface area contributed by atoms with Crippen LogP contribution in [0.5, 0.6) is 0 Å². The Hall–Kier alpha value is -0.570. The summed E-state index contributed by atoms with van der Waals surface area (Å²) in [5, 5.41) is 2.87. The van der Waals surface area contributed by atoms with Gasteiger partial charge in [-0.25, -0.2) is 0 Å². The summed E-state index contributed by atoms with van der Waals surface area (Å²) in [5.41, 5.74) is 0. The van der Waals surface area contributed by atoms with E-state index in [1.807, 2.05) is 6.92 Å². The van der Waals surface area contributed by atoms with E-state index in [0.717, 1.165) is 12.8 Å². The number of hydrogen-bond acceptors (Lipinski definition) is 2. The Labute approximate surface area is 80.8 Å². The van der Waals surface area contributed by atoms with Gasteiger partial charge in [0.2, 0.25) is 5.91 Å². The maximum atomic E-state index is 11.1. The third-order valence-corrected chi connectivity index (χ3v) is 1.86. The normalized spacial score (nSPS) is 13.0. The van der Waals surface area contributed by atoms with Crippen molar-refractivity contribution in [3.63, 3.8) is 0 Å². The Morgan fingerprint density at radius 3 is 2.38 bits per heavy atom. The zero-order chi connectivity index (χ0) is 10.3. The van der Waals surface area contributed by atoms with E-state index in [9.17, 15) is 4.79 Å². The van der Waals surface area contributed by atoms with Crippen LogP contribution in [0.25, 0.3) is 0 Å². The lowest BCUT2D eigenvalue weighted by Crippen LogP contribution is -2.35. The Balaban J connectivity index is 3.49. The molecule has 1 N–H and O–H groups in total. The monoisotopic (exact) mass is 187 g/mol. The molecule has 3 heteroatoms. The summed E-state index contributed by atoms with van der Waals surface area (Å²) in [6.45, 7) is 6.55. The van der Waals surface area contributed by atoms with Crippen LogP contribution in [0.1, 0.15) is 33.6 Å². The van der Waals surface area contributed by atoms with Gasteiger partial charge in [0, 0.05) is 13.2 Å². The average molecular weight is 187 g/mol. The molecule has 78 valence electrons. The summed E-state index contributed by atoms with van der Waals surface area (Å²) in [6.07, 6.45) is 2.18. The van der Waals surface area contributed by atoms with Crippen molar-refractivity contribution in [2.45, 2.75) is 39.7 Å². The zero-order valence-electron chi connectivity index (χ0n) is 9.09. The highest BCUT2D eigenvalue weighted by Gasteiger charge is 2.06. The summed E-state index contributed by atoms with van der Waals surface area (Å²) < 4.78 is 4.72. The van der Waals surface area contributed by atoms with Gasteiger partial charge in [0.15, 0.2) is 0 Å². The number of carbonyl (C=O) groups is 1. The third kappa shape index (κ3) is 7.78. The Morgan fingerprint density at radius 1 is 1.31 bits per heavy atom. The second-order valence-corrected chi connectivity index (χ2v) is 3.87. The van der Waals surface area contributed by atoms with Crippen molar-refractivity contribution in [1.82, 2.24) is 5.32 Å². The second kappa shape index (κ2) is 6.89. The van der Waals surface area contributed by atoms with Crippen molar-refractivity contribution in [1.29, 1.82) is 0 Å². The molecule has 0 aromatic heterocycles. The highest BCUT2D eigenvalue weighted by atomic mass is 16.5. The third-order valence-electron chi connectivity index (χ3n) is 1.86. The SMILES string of the molecule is COCC(=O)NC(C)CCC(C)C. The maximum absolute atomic E-state index is 11.1. The van der Waals surface area contributed by atoms with Gasteiger partial charge in [-0.2, -0.15) is 0 Å². The first-order valence-corrected chi connectivity index (χ1v) is 4.84. The van der Waals surface area contributed by atoms with E-state index >= 15 is 0 Å². The molecule has 0 aliphatic heterocycles. The molecule has 0 spiro atoms. The fourth-order valence-corrected chi connectivity index (χ4v) is 1.10. The van der Waals surface area contributed by atoms with Crippen molar-refractivity contribution >= 4 is 5.91 Å². The van der Waals surface area contributed by atoms with Crippen LogP contribution < -0.4 is 5.32 Å². The highest BCUT2D eigenvalue weighted by Crippen LogP contribution is 2.05. The van der Waals surface area contributed by atoms with E-state index < -0.39 is 0 Å². The van der Waals surface area contributed by atoms with Gasteiger partial charge < -0.3 is 10.1 Å². The van der Waals surface area contributed by atoms with Gasteiger partial charge in [0.05, 0.1) is 0 Å². The van der Waals surface area contributed by atoms with Gasteiger partial charge in [0.25, 0.3) is 0 Å². The van der Waals surface area contributed by atoms with Crippen molar-refractivity contribution in [3.05, 3.63) is 0 Å². The van der Waals surface area contributed by atoms with Gasteiger partial charge in [-0.3, -0.25) is 4.79 Å². The molecule has 0 fully saturated rings. The second-order valence-electron chi connectivity index (χ2n) is 3.87. The molecule has 1 amide bonds. The lowest BCUT2D eigenvalue weighted by Gasteiger charge is -2.14. The van der Waals surface area contributed by atoms with Crippen molar-refractivity contribution < 1.29 is 9.53 Å². The molecule has 3 nitrogen and oxygen atoms in total. The summed E-state index contributed by atoms with van der Waals surface area (Å²) in [7, 11) is 1.53. The molecule has 0 saturated heterocycles. The van der Waals surface area contributed by atoms with Crippen LogP contribution in [0.15, 0.2) is 0 Å². The molecule has 0 aliphatic carbocycles. The van der Waals surface area contributed by atoms with Crippen LogP contribution in [0.3, 0.4) is 0 Å². The van der Waals surface area contributed by atoms with Crippen LogP contribution in [0.4, 0.5) is 0 Å². The molecule has 0 aromatic carbocycles. The van der Waals surface area contributed by atoms with E-state index in [-0.39, 0.29) is 18.6 Å². The van der Waals surface area contributed by atoms with Crippen molar-refractivity contribution in [2.75, 3.05) is 13.7 Å². The molecule has 1 unspecified atom stereocenters.